The summed E-state index contributed by atoms with van der Waals surface area (Å²) in [6, 6.07) is 27.1. The van der Waals surface area contributed by atoms with Crippen LogP contribution in [0.2, 0.25) is 0 Å². The molecule has 0 spiro atoms. The van der Waals surface area contributed by atoms with Crippen LogP contribution in [-0.2, 0) is 29.1 Å². The van der Waals surface area contributed by atoms with E-state index in [1.807, 2.05) is 91.2 Å². The fourth-order valence-electron chi connectivity index (χ4n) is 3.80. The third-order valence-electron chi connectivity index (χ3n) is 5.56. The third kappa shape index (κ3) is 7.01. The molecule has 0 atom stereocenters. The summed E-state index contributed by atoms with van der Waals surface area (Å²) >= 11 is 1.40. The first-order chi connectivity index (χ1) is 18.1. The molecule has 0 radical (unpaired) electrons. The number of amides is 1. The molecule has 1 N–H and O–H groups in total. The van der Waals surface area contributed by atoms with Crippen molar-refractivity contribution in [3.8, 4) is 5.75 Å². The van der Waals surface area contributed by atoms with E-state index in [9.17, 15) is 9.59 Å². The van der Waals surface area contributed by atoms with Crippen LogP contribution in [0.4, 0.5) is 5.82 Å². The number of hydrogen-bond donors (Lipinski definition) is 1. The van der Waals surface area contributed by atoms with Gasteiger partial charge in [0, 0.05) is 0 Å². The highest BCUT2D eigenvalue weighted by Gasteiger charge is 2.25. The maximum absolute atomic E-state index is 12.9. The van der Waals surface area contributed by atoms with Crippen LogP contribution in [0.1, 0.15) is 34.1 Å². The van der Waals surface area contributed by atoms with Crippen LogP contribution in [0.3, 0.4) is 0 Å². The molecule has 0 bridgehead atoms. The molecular formula is C29H29N3O4S. The number of carbonyl (C=O) groups excluding carboxylic acids is 2. The predicted molar refractivity (Wildman–Crippen MR) is 145 cm³/mol. The first-order valence-electron chi connectivity index (χ1n) is 12.0. The molecule has 4 rings (SSSR count). The number of esters is 1. The zero-order valence-electron chi connectivity index (χ0n) is 20.8. The summed E-state index contributed by atoms with van der Waals surface area (Å²) in [5, 5.41) is 3.44. The zero-order chi connectivity index (χ0) is 26.0. The van der Waals surface area contributed by atoms with Crippen molar-refractivity contribution in [2.45, 2.75) is 31.7 Å². The van der Waals surface area contributed by atoms with Gasteiger partial charge in [-0.2, -0.15) is 0 Å². The minimum Gasteiger partial charge on any atom is -0.489 e. The first kappa shape index (κ1) is 26.0. The zero-order valence-corrected chi connectivity index (χ0v) is 21.7. The molecule has 0 aliphatic heterocycles. The number of benzene rings is 3. The van der Waals surface area contributed by atoms with E-state index in [1.165, 1.54) is 11.8 Å². The number of nitrogens with one attached hydrogen (secondary N) is 1. The fourth-order valence-corrected chi connectivity index (χ4v) is 4.36. The number of imidazole rings is 1. The third-order valence-corrected chi connectivity index (χ3v) is 6.24. The molecule has 1 heterocycles. The summed E-state index contributed by atoms with van der Waals surface area (Å²) in [4.78, 5) is 30.4. The van der Waals surface area contributed by atoms with Gasteiger partial charge in [-0.15, -0.1) is 0 Å². The van der Waals surface area contributed by atoms with Crippen LogP contribution >= 0.6 is 11.8 Å². The van der Waals surface area contributed by atoms with E-state index in [1.54, 1.807) is 11.5 Å². The number of thioether (sulfide) groups is 1. The van der Waals surface area contributed by atoms with E-state index in [4.69, 9.17) is 9.47 Å². The van der Waals surface area contributed by atoms with Crippen LogP contribution in [-0.4, -0.2) is 34.3 Å². The van der Waals surface area contributed by atoms with Gasteiger partial charge < -0.3 is 19.4 Å². The highest BCUT2D eigenvalue weighted by Crippen LogP contribution is 2.26. The van der Waals surface area contributed by atoms with E-state index in [0.29, 0.717) is 18.3 Å². The van der Waals surface area contributed by atoms with Gasteiger partial charge in [-0.05, 0) is 42.0 Å². The molecule has 0 fully saturated rings. The van der Waals surface area contributed by atoms with Crippen molar-refractivity contribution in [3.63, 3.8) is 0 Å². The van der Waals surface area contributed by atoms with Gasteiger partial charge in [0.15, 0.2) is 16.7 Å². The second kappa shape index (κ2) is 12.8. The van der Waals surface area contributed by atoms with Crippen molar-refractivity contribution >= 4 is 29.5 Å². The molecule has 0 saturated heterocycles. The monoisotopic (exact) mass is 515 g/mol. The van der Waals surface area contributed by atoms with Crippen LogP contribution < -0.4 is 10.1 Å². The Balaban J connectivity index is 1.47. The normalized spacial score (nSPS) is 10.6. The summed E-state index contributed by atoms with van der Waals surface area (Å²) in [5.74, 6) is 0.121. The quantitative estimate of drug-likeness (QED) is 0.207. The highest BCUT2D eigenvalue weighted by atomic mass is 32.2. The van der Waals surface area contributed by atoms with Crippen molar-refractivity contribution in [2.75, 3.05) is 18.2 Å². The van der Waals surface area contributed by atoms with Gasteiger partial charge in [0.25, 0.3) is 0 Å². The first-order valence-corrected chi connectivity index (χ1v) is 13.2. The summed E-state index contributed by atoms with van der Waals surface area (Å²) < 4.78 is 12.9. The lowest BCUT2D eigenvalue weighted by molar-refractivity contribution is -0.115. The Hall–Kier alpha value is -4.04. The molecule has 0 aliphatic rings. The van der Waals surface area contributed by atoms with Crippen molar-refractivity contribution < 1.29 is 19.1 Å². The standard InChI is InChI=1S/C29H29N3O4S/c1-3-35-28(34)26-27(31-29(37-2)32(26)19-22-10-6-4-7-11-22)30-25(33)18-21-14-16-24(17-15-21)36-20-23-12-8-5-9-13-23/h4-17H,3,18-20H2,1-2H3,(H,30,33). The Morgan fingerprint density at radius 2 is 1.54 bits per heavy atom. The van der Waals surface area contributed by atoms with E-state index < -0.39 is 5.97 Å². The minimum absolute atomic E-state index is 0.126. The SMILES string of the molecule is CCOC(=O)c1c(NC(=O)Cc2ccc(OCc3ccccc3)cc2)nc(SC)n1Cc1ccccc1. The lowest BCUT2D eigenvalue weighted by Crippen LogP contribution is -2.19. The van der Waals surface area contributed by atoms with Crippen molar-refractivity contribution in [1.82, 2.24) is 9.55 Å². The molecule has 0 unspecified atom stereocenters. The summed E-state index contributed by atoms with van der Waals surface area (Å²) in [6.45, 7) is 2.87. The number of hydrogen-bond acceptors (Lipinski definition) is 6. The molecule has 3 aromatic carbocycles. The average Bonchev–Trinajstić information content (AvgIpc) is 3.26. The number of aromatic nitrogens is 2. The largest absolute Gasteiger partial charge is 0.489 e. The van der Waals surface area contributed by atoms with Gasteiger partial charge in [-0.1, -0.05) is 84.6 Å². The molecular weight excluding hydrogens is 486 g/mol. The smallest absolute Gasteiger partial charge is 0.358 e. The molecule has 1 aromatic heterocycles. The highest BCUT2D eigenvalue weighted by molar-refractivity contribution is 7.98. The maximum atomic E-state index is 12.9. The second-order valence-electron chi connectivity index (χ2n) is 8.23. The predicted octanol–water partition coefficient (Wildman–Crippen LogP) is 5.59. The van der Waals surface area contributed by atoms with Crippen molar-refractivity contribution in [3.05, 3.63) is 107 Å². The van der Waals surface area contributed by atoms with Crippen molar-refractivity contribution in [2.24, 2.45) is 0 Å². The Bertz CT molecular complexity index is 1320. The second-order valence-corrected chi connectivity index (χ2v) is 9.00. The summed E-state index contributed by atoms with van der Waals surface area (Å²) in [6.07, 6.45) is 2.01. The van der Waals surface area contributed by atoms with E-state index in [0.717, 1.165) is 22.4 Å². The lowest BCUT2D eigenvalue weighted by atomic mass is 10.1. The topological polar surface area (TPSA) is 82.4 Å². The van der Waals surface area contributed by atoms with Crippen LogP contribution in [0.15, 0.2) is 90.1 Å². The minimum atomic E-state index is -0.526. The number of rotatable bonds is 11. The van der Waals surface area contributed by atoms with Crippen LogP contribution in [0.25, 0.3) is 0 Å². The van der Waals surface area contributed by atoms with Gasteiger partial charge in [-0.3, -0.25) is 4.79 Å². The molecule has 37 heavy (non-hydrogen) atoms. The van der Waals surface area contributed by atoms with E-state index in [-0.39, 0.29) is 30.4 Å². The fraction of sp³-hybridized carbons (Fsp3) is 0.207. The molecule has 0 saturated carbocycles. The Morgan fingerprint density at radius 1 is 0.892 bits per heavy atom. The number of carbonyl (C=O) groups is 2. The molecule has 0 aliphatic carbocycles. The van der Waals surface area contributed by atoms with Gasteiger partial charge >= 0.3 is 5.97 Å². The Kier molecular flexibility index (Phi) is 8.99. The van der Waals surface area contributed by atoms with E-state index >= 15 is 0 Å². The molecule has 4 aromatic rings. The maximum Gasteiger partial charge on any atom is 0.358 e. The lowest BCUT2D eigenvalue weighted by Gasteiger charge is -2.11. The Morgan fingerprint density at radius 3 is 2.16 bits per heavy atom. The summed E-state index contributed by atoms with van der Waals surface area (Å²) in [5.41, 5.74) is 3.14. The van der Waals surface area contributed by atoms with Gasteiger partial charge in [0.1, 0.15) is 12.4 Å². The van der Waals surface area contributed by atoms with E-state index in [2.05, 4.69) is 10.3 Å². The molecule has 7 nitrogen and oxygen atoms in total. The number of anilines is 1. The molecule has 1 amide bonds. The molecule has 8 heteroatoms. The molecule has 190 valence electrons. The van der Waals surface area contributed by atoms with Gasteiger partial charge in [-0.25, -0.2) is 9.78 Å². The van der Waals surface area contributed by atoms with Gasteiger partial charge in [0.2, 0.25) is 5.91 Å². The van der Waals surface area contributed by atoms with Gasteiger partial charge in [0.05, 0.1) is 19.6 Å². The van der Waals surface area contributed by atoms with Crippen LogP contribution in [0.5, 0.6) is 5.75 Å². The summed E-state index contributed by atoms with van der Waals surface area (Å²) in [7, 11) is 0. The number of nitrogens with zero attached hydrogens (tertiary/aromatic N) is 2. The van der Waals surface area contributed by atoms with Crippen LogP contribution in [0, 0.1) is 0 Å². The average molecular weight is 516 g/mol. The number of ether oxygens (including phenoxy) is 2. The van der Waals surface area contributed by atoms with Crippen molar-refractivity contribution in [1.29, 1.82) is 0 Å². The Labute approximate surface area is 220 Å².